The molecule has 1 nitrogen and oxygen atoms in total. The largest absolute Gasteiger partial charge is 0.289 e. The highest BCUT2D eigenvalue weighted by Crippen LogP contribution is 2.14. The molecule has 90 valence electrons. The van der Waals surface area contributed by atoms with E-state index in [0.29, 0.717) is 5.56 Å². The standard InChI is InChI=1S/C15H10Br2O/c16-13-7-4-11(5-8-13)6-9-15(18)12-2-1-3-14(17)10-12/h1-10H/b9-6+. The summed E-state index contributed by atoms with van der Waals surface area (Å²) in [5.74, 6) is -0.000723. The molecule has 3 heteroatoms. The molecule has 2 rings (SSSR count). The Hall–Kier alpha value is -1.19. The SMILES string of the molecule is O=C(/C=C/c1ccc(Br)cc1)c1cccc(Br)c1. The Morgan fingerprint density at radius 1 is 0.944 bits per heavy atom. The summed E-state index contributed by atoms with van der Waals surface area (Å²) in [5, 5.41) is 0. The summed E-state index contributed by atoms with van der Waals surface area (Å²) in [6.07, 6.45) is 3.40. The van der Waals surface area contributed by atoms with Gasteiger partial charge in [0, 0.05) is 14.5 Å². The molecule has 0 saturated heterocycles. The number of ketones is 1. The molecule has 0 heterocycles. The van der Waals surface area contributed by atoms with Crippen molar-refractivity contribution in [2.45, 2.75) is 0 Å². The number of carbonyl (C=O) groups excluding carboxylic acids is 1. The molecule has 2 aromatic carbocycles. The lowest BCUT2D eigenvalue weighted by Crippen LogP contribution is -1.93. The van der Waals surface area contributed by atoms with Gasteiger partial charge in [0.25, 0.3) is 0 Å². The van der Waals surface area contributed by atoms with Gasteiger partial charge >= 0.3 is 0 Å². The summed E-state index contributed by atoms with van der Waals surface area (Å²) in [7, 11) is 0. The Morgan fingerprint density at radius 2 is 1.67 bits per heavy atom. The van der Waals surface area contributed by atoms with Crippen LogP contribution >= 0.6 is 31.9 Å². The first-order chi connectivity index (χ1) is 8.65. The molecule has 0 bridgehead atoms. The number of halogens is 2. The maximum Gasteiger partial charge on any atom is 0.185 e. The van der Waals surface area contributed by atoms with Crippen LogP contribution in [0.3, 0.4) is 0 Å². The summed E-state index contributed by atoms with van der Waals surface area (Å²) >= 11 is 6.73. The van der Waals surface area contributed by atoms with Crippen LogP contribution in [0.1, 0.15) is 15.9 Å². The van der Waals surface area contributed by atoms with E-state index in [1.807, 2.05) is 48.5 Å². The van der Waals surface area contributed by atoms with Crippen molar-refractivity contribution < 1.29 is 4.79 Å². The van der Waals surface area contributed by atoms with E-state index < -0.39 is 0 Å². The molecule has 0 unspecified atom stereocenters. The zero-order valence-electron chi connectivity index (χ0n) is 9.44. The molecule has 0 N–H and O–H groups in total. The van der Waals surface area contributed by atoms with Gasteiger partial charge in [0.2, 0.25) is 0 Å². The number of rotatable bonds is 3. The second kappa shape index (κ2) is 6.12. The fourth-order valence-electron chi connectivity index (χ4n) is 1.48. The van der Waals surface area contributed by atoms with E-state index in [0.717, 1.165) is 14.5 Å². The third kappa shape index (κ3) is 3.65. The zero-order valence-corrected chi connectivity index (χ0v) is 12.6. The van der Waals surface area contributed by atoms with Crippen molar-refractivity contribution in [2.24, 2.45) is 0 Å². The predicted molar refractivity (Wildman–Crippen MR) is 81.6 cm³/mol. The number of carbonyl (C=O) groups is 1. The molecule has 0 aliphatic heterocycles. The maximum atomic E-state index is 11.9. The first kappa shape index (κ1) is 13.2. The van der Waals surface area contributed by atoms with Gasteiger partial charge in [0.15, 0.2) is 5.78 Å². The van der Waals surface area contributed by atoms with Crippen LogP contribution in [0.5, 0.6) is 0 Å². The molecule has 0 aromatic heterocycles. The lowest BCUT2D eigenvalue weighted by Gasteiger charge is -1.97. The average molecular weight is 366 g/mol. The predicted octanol–water partition coefficient (Wildman–Crippen LogP) is 5.11. The van der Waals surface area contributed by atoms with Crippen LogP contribution in [0.2, 0.25) is 0 Å². The third-order valence-electron chi connectivity index (χ3n) is 2.41. The molecule has 0 fully saturated rings. The minimum Gasteiger partial charge on any atom is -0.289 e. The molecule has 0 amide bonds. The molecule has 18 heavy (non-hydrogen) atoms. The normalized spacial score (nSPS) is 10.8. The van der Waals surface area contributed by atoms with Crippen LogP contribution < -0.4 is 0 Å². The van der Waals surface area contributed by atoms with Crippen LogP contribution in [0, 0.1) is 0 Å². The van der Waals surface area contributed by atoms with Gasteiger partial charge in [0.1, 0.15) is 0 Å². The monoisotopic (exact) mass is 364 g/mol. The van der Waals surface area contributed by atoms with Crippen molar-refractivity contribution in [3.8, 4) is 0 Å². The number of benzene rings is 2. The molecular formula is C15H10Br2O. The molecule has 2 aromatic rings. The number of hydrogen-bond donors (Lipinski definition) is 0. The Bertz CT molecular complexity index is 586. The van der Waals surface area contributed by atoms with E-state index in [4.69, 9.17) is 0 Å². The highest BCUT2D eigenvalue weighted by atomic mass is 79.9. The van der Waals surface area contributed by atoms with E-state index in [-0.39, 0.29) is 5.78 Å². The second-order valence-corrected chi connectivity index (χ2v) is 5.59. The molecule has 0 aliphatic carbocycles. The molecule has 0 aliphatic rings. The Labute approximate surface area is 123 Å². The first-order valence-corrected chi connectivity index (χ1v) is 6.97. The minimum atomic E-state index is -0.000723. The maximum absolute atomic E-state index is 11.9. The van der Waals surface area contributed by atoms with Crippen molar-refractivity contribution in [3.63, 3.8) is 0 Å². The topological polar surface area (TPSA) is 17.1 Å². The molecular weight excluding hydrogens is 356 g/mol. The zero-order chi connectivity index (χ0) is 13.0. The third-order valence-corrected chi connectivity index (χ3v) is 3.43. The fraction of sp³-hybridized carbons (Fsp3) is 0. The van der Waals surface area contributed by atoms with Gasteiger partial charge in [-0.2, -0.15) is 0 Å². The van der Waals surface area contributed by atoms with Crippen LogP contribution in [-0.2, 0) is 0 Å². The number of hydrogen-bond acceptors (Lipinski definition) is 1. The van der Waals surface area contributed by atoms with E-state index in [9.17, 15) is 4.79 Å². The molecule has 0 spiro atoms. The summed E-state index contributed by atoms with van der Waals surface area (Å²) in [4.78, 5) is 11.9. The molecule has 0 radical (unpaired) electrons. The van der Waals surface area contributed by atoms with Gasteiger partial charge in [0.05, 0.1) is 0 Å². The first-order valence-electron chi connectivity index (χ1n) is 5.39. The minimum absolute atomic E-state index is 0.000723. The van der Waals surface area contributed by atoms with Crippen molar-refractivity contribution in [2.75, 3.05) is 0 Å². The van der Waals surface area contributed by atoms with Crippen molar-refractivity contribution in [3.05, 3.63) is 74.7 Å². The summed E-state index contributed by atoms with van der Waals surface area (Å²) in [6, 6.07) is 15.2. The number of allylic oxidation sites excluding steroid dienone is 1. The summed E-state index contributed by atoms with van der Waals surface area (Å²) in [5.41, 5.74) is 1.68. The molecule has 0 atom stereocenters. The van der Waals surface area contributed by atoms with Crippen molar-refractivity contribution >= 4 is 43.7 Å². The van der Waals surface area contributed by atoms with Crippen LogP contribution in [0.15, 0.2) is 63.6 Å². The Balaban J connectivity index is 2.14. The Morgan fingerprint density at radius 3 is 2.33 bits per heavy atom. The highest BCUT2D eigenvalue weighted by molar-refractivity contribution is 9.10. The lowest BCUT2D eigenvalue weighted by atomic mass is 10.1. The van der Waals surface area contributed by atoms with Gasteiger partial charge in [-0.25, -0.2) is 0 Å². The average Bonchev–Trinajstić information content (AvgIpc) is 2.38. The van der Waals surface area contributed by atoms with Crippen molar-refractivity contribution in [1.29, 1.82) is 0 Å². The Kier molecular flexibility index (Phi) is 4.50. The van der Waals surface area contributed by atoms with Crippen molar-refractivity contribution in [1.82, 2.24) is 0 Å². The van der Waals surface area contributed by atoms with Crippen LogP contribution in [0.25, 0.3) is 6.08 Å². The smallest absolute Gasteiger partial charge is 0.185 e. The van der Waals surface area contributed by atoms with Gasteiger partial charge in [-0.15, -0.1) is 0 Å². The molecule has 0 saturated carbocycles. The van der Waals surface area contributed by atoms with Gasteiger partial charge in [-0.05, 0) is 35.9 Å². The quantitative estimate of drug-likeness (QED) is 0.545. The summed E-state index contributed by atoms with van der Waals surface area (Å²) in [6.45, 7) is 0. The summed E-state index contributed by atoms with van der Waals surface area (Å²) < 4.78 is 1.93. The lowest BCUT2D eigenvalue weighted by molar-refractivity contribution is 0.104. The second-order valence-electron chi connectivity index (χ2n) is 3.76. The van der Waals surface area contributed by atoms with Gasteiger partial charge < -0.3 is 0 Å². The van der Waals surface area contributed by atoms with E-state index in [1.54, 1.807) is 12.1 Å². The highest BCUT2D eigenvalue weighted by Gasteiger charge is 2.01. The van der Waals surface area contributed by atoms with E-state index in [1.165, 1.54) is 0 Å². The van der Waals surface area contributed by atoms with Gasteiger partial charge in [-0.3, -0.25) is 4.79 Å². The van der Waals surface area contributed by atoms with Crippen LogP contribution in [0.4, 0.5) is 0 Å². The van der Waals surface area contributed by atoms with Gasteiger partial charge in [-0.1, -0.05) is 62.2 Å². The van der Waals surface area contributed by atoms with E-state index in [2.05, 4.69) is 31.9 Å². The van der Waals surface area contributed by atoms with Crippen LogP contribution in [-0.4, -0.2) is 5.78 Å². The van der Waals surface area contributed by atoms with E-state index >= 15 is 0 Å². The fourth-order valence-corrected chi connectivity index (χ4v) is 2.15.